The molecule has 3 aromatic rings. The highest BCUT2D eigenvalue weighted by Crippen LogP contribution is 2.35. The number of H-pyrrole nitrogens is 1. The van der Waals surface area contributed by atoms with Crippen LogP contribution in [0.15, 0.2) is 36.5 Å². The summed E-state index contributed by atoms with van der Waals surface area (Å²) in [6.45, 7) is 3.97. The number of carbonyl (C=O) groups is 1. The average Bonchev–Trinajstić information content (AvgIpc) is 3.34. The third-order valence-corrected chi connectivity index (χ3v) is 6.31. The van der Waals surface area contributed by atoms with Gasteiger partial charge in [0.05, 0.1) is 11.8 Å². The Hall–Kier alpha value is -2.89. The molecule has 1 saturated carbocycles. The van der Waals surface area contributed by atoms with Gasteiger partial charge in [0.1, 0.15) is 5.82 Å². The van der Waals surface area contributed by atoms with E-state index >= 15 is 0 Å². The topological polar surface area (TPSA) is 53.9 Å². The van der Waals surface area contributed by atoms with E-state index in [0.29, 0.717) is 6.04 Å². The second kappa shape index (κ2) is 6.87. The van der Waals surface area contributed by atoms with Crippen molar-refractivity contribution < 1.29 is 9.18 Å². The number of aromatic amines is 1. The number of halogens is 1. The molecular weight excluding hydrogens is 367 g/mol. The van der Waals surface area contributed by atoms with E-state index in [1.165, 1.54) is 23.4 Å². The first-order valence-electron chi connectivity index (χ1n) is 10.3. The molecule has 1 fully saturated rings. The number of rotatable bonds is 4. The fourth-order valence-corrected chi connectivity index (χ4v) is 4.72. The molecule has 0 bridgehead atoms. The molecule has 2 aromatic heterocycles. The summed E-state index contributed by atoms with van der Waals surface area (Å²) < 4.78 is 15.4. The molecule has 0 radical (unpaired) electrons. The Morgan fingerprint density at radius 3 is 2.66 bits per heavy atom. The molecule has 2 aliphatic carbocycles. The Balaban J connectivity index is 1.47. The molecule has 1 aromatic carbocycles. The van der Waals surface area contributed by atoms with Crippen LogP contribution in [0.1, 0.15) is 52.3 Å². The van der Waals surface area contributed by atoms with Gasteiger partial charge in [0, 0.05) is 34.9 Å². The van der Waals surface area contributed by atoms with Crippen molar-refractivity contribution in [1.29, 1.82) is 0 Å². The van der Waals surface area contributed by atoms with Crippen molar-refractivity contribution in [2.45, 2.75) is 58.0 Å². The minimum atomic E-state index is -0.261. The van der Waals surface area contributed by atoms with Gasteiger partial charge in [-0.15, -0.1) is 0 Å². The summed E-state index contributed by atoms with van der Waals surface area (Å²) in [6.07, 6.45) is 6.83. The lowest BCUT2D eigenvalue weighted by Crippen LogP contribution is -2.45. The van der Waals surface area contributed by atoms with Crippen molar-refractivity contribution in [2.75, 3.05) is 0 Å². The van der Waals surface area contributed by atoms with E-state index < -0.39 is 0 Å². The number of benzene rings is 1. The second-order valence-corrected chi connectivity index (χ2v) is 8.31. The van der Waals surface area contributed by atoms with Gasteiger partial charge in [0.15, 0.2) is 0 Å². The molecule has 0 aliphatic heterocycles. The molecule has 1 N–H and O–H groups in total. The first kappa shape index (κ1) is 18.2. The van der Waals surface area contributed by atoms with Gasteiger partial charge >= 0.3 is 0 Å². The standard InChI is InChI=1S/C23H25FN4O/c1-14-11-21(15(2)27(14)18-5-3-17(24)4-6-18)23(29)28(19-7-8-19)20-9-10-22-16(12-20)13-25-26-22/h3-6,11,13,19-20H,7-10,12H2,1-2H3,(H,25,26). The highest BCUT2D eigenvalue weighted by Gasteiger charge is 2.40. The molecule has 0 spiro atoms. The quantitative estimate of drug-likeness (QED) is 0.726. The van der Waals surface area contributed by atoms with E-state index in [2.05, 4.69) is 15.1 Å². The van der Waals surface area contributed by atoms with E-state index in [1.54, 1.807) is 12.1 Å². The lowest BCUT2D eigenvalue weighted by atomic mass is 9.92. The minimum Gasteiger partial charge on any atom is -0.332 e. The first-order chi connectivity index (χ1) is 14.0. The fraction of sp³-hybridized carbons (Fsp3) is 0.391. The monoisotopic (exact) mass is 392 g/mol. The van der Waals surface area contributed by atoms with Crippen LogP contribution in [0.4, 0.5) is 4.39 Å². The van der Waals surface area contributed by atoms with E-state index in [9.17, 15) is 9.18 Å². The molecule has 6 heteroatoms. The van der Waals surface area contributed by atoms with Crippen molar-refractivity contribution in [2.24, 2.45) is 0 Å². The first-order valence-corrected chi connectivity index (χ1v) is 10.3. The second-order valence-electron chi connectivity index (χ2n) is 8.31. The van der Waals surface area contributed by atoms with Gasteiger partial charge in [-0.3, -0.25) is 9.89 Å². The summed E-state index contributed by atoms with van der Waals surface area (Å²) in [6, 6.07) is 8.95. The zero-order valence-electron chi connectivity index (χ0n) is 16.8. The summed E-state index contributed by atoms with van der Waals surface area (Å²) in [5.41, 5.74) is 5.95. The third kappa shape index (κ3) is 3.16. The van der Waals surface area contributed by atoms with Crippen LogP contribution in [-0.4, -0.2) is 37.7 Å². The third-order valence-electron chi connectivity index (χ3n) is 6.31. The van der Waals surface area contributed by atoms with Crippen molar-refractivity contribution in [1.82, 2.24) is 19.7 Å². The molecule has 5 rings (SSSR count). The van der Waals surface area contributed by atoms with Crippen LogP contribution in [0.5, 0.6) is 0 Å². The van der Waals surface area contributed by atoms with Crippen LogP contribution in [-0.2, 0) is 12.8 Å². The van der Waals surface area contributed by atoms with Gasteiger partial charge in [0.25, 0.3) is 5.91 Å². The molecule has 150 valence electrons. The maximum Gasteiger partial charge on any atom is 0.256 e. The predicted octanol–water partition coefficient (Wildman–Crippen LogP) is 4.12. The summed E-state index contributed by atoms with van der Waals surface area (Å²) in [7, 11) is 0. The lowest BCUT2D eigenvalue weighted by molar-refractivity contribution is 0.0642. The van der Waals surface area contributed by atoms with Gasteiger partial charge in [0.2, 0.25) is 0 Å². The Labute approximate surface area is 169 Å². The SMILES string of the molecule is Cc1cc(C(=O)N(C2CC2)C2CCc3[nH]ncc3C2)c(C)n1-c1ccc(F)cc1. The average molecular weight is 392 g/mol. The molecular formula is C23H25FN4O. The fourth-order valence-electron chi connectivity index (χ4n) is 4.72. The predicted molar refractivity (Wildman–Crippen MR) is 109 cm³/mol. The van der Waals surface area contributed by atoms with Crippen molar-refractivity contribution in [3.8, 4) is 5.69 Å². The normalized spacial score (nSPS) is 18.5. The van der Waals surface area contributed by atoms with Crippen LogP contribution in [0.2, 0.25) is 0 Å². The van der Waals surface area contributed by atoms with Crippen LogP contribution in [0.3, 0.4) is 0 Å². The molecule has 1 atom stereocenters. The van der Waals surface area contributed by atoms with Gasteiger partial charge in [-0.25, -0.2) is 4.39 Å². The number of fused-ring (bicyclic) bond motifs is 1. The minimum absolute atomic E-state index is 0.117. The molecule has 1 unspecified atom stereocenters. The number of carbonyl (C=O) groups excluding carboxylic acids is 1. The number of hydrogen-bond acceptors (Lipinski definition) is 2. The van der Waals surface area contributed by atoms with Crippen LogP contribution < -0.4 is 0 Å². The smallest absolute Gasteiger partial charge is 0.256 e. The van der Waals surface area contributed by atoms with E-state index in [0.717, 1.165) is 54.7 Å². The molecule has 29 heavy (non-hydrogen) atoms. The van der Waals surface area contributed by atoms with Crippen LogP contribution in [0.25, 0.3) is 5.69 Å². The Morgan fingerprint density at radius 1 is 1.17 bits per heavy atom. The number of amides is 1. The summed E-state index contributed by atoms with van der Waals surface area (Å²) in [5.74, 6) is -0.144. The van der Waals surface area contributed by atoms with E-state index in [1.807, 2.05) is 30.7 Å². The Bertz CT molecular complexity index is 1060. The largest absolute Gasteiger partial charge is 0.332 e. The van der Waals surface area contributed by atoms with Gasteiger partial charge in [-0.2, -0.15) is 5.10 Å². The number of nitrogens with one attached hydrogen (secondary N) is 1. The van der Waals surface area contributed by atoms with E-state index in [4.69, 9.17) is 0 Å². The van der Waals surface area contributed by atoms with Crippen molar-refractivity contribution in [3.05, 3.63) is 70.6 Å². The Kier molecular flexibility index (Phi) is 4.30. The lowest BCUT2D eigenvalue weighted by Gasteiger charge is -2.34. The number of aromatic nitrogens is 3. The number of aryl methyl sites for hydroxylation is 2. The zero-order chi connectivity index (χ0) is 20.1. The Morgan fingerprint density at radius 2 is 1.93 bits per heavy atom. The van der Waals surface area contributed by atoms with Gasteiger partial charge in [-0.05, 0) is 81.8 Å². The van der Waals surface area contributed by atoms with E-state index in [-0.39, 0.29) is 17.8 Å². The maximum atomic E-state index is 13.7. The van der Waals surface area contributed by atoms with Crippen molar-refractivity contribution >= 4 is 5.91 Å². The summed E-state index contributed by atoms with van der Waals surface area (Å²) in [4.78, 5) is 15.8. The summed E-state index contributed by atoms with van der Waals surface area (Å²) >= 11 is 0. The highest BCUT2D eigenvalue weighted by molar-refractivity contribution is 5.96. The number of hydrogen-bond donors (Lipinski definition) is 1. The van der Waals surface area contributed by atoms with Crippen LogP contribution in [0, 0.1) is 19.7 Å². The summed E-state index contributed by atoms with van der Waals surface area (Å²) in [5, 5.41) is 7.25. The maximum absolute atomic E-state index is 13.7. The molecule has 5 nitrogen and oxygen atoms in total. The molecule has 0 saturated heterocycles. The number of nitrogens with zero attached hydrogens (tertiary/aromatic N) is 3. The van der Waals surface area contributed by atoms with Crippen LogP contribution >= 0.6 is 0 Å². The van der Waals surface area contributed by atoms with Gasteiger partial charge in [-0.1, -0.05) is 0 Å². The zero-order valence-corrected chi connectivity index (χ0v) is 16.8. The molecule has 2 aliphatic rings. The molecule has 2 heterocycles. The van der Waals surface area contributed by atoms with Gasteiger partial charge < -0.3 is 9.47 Å². The molecule has 1 amide bonds. The van der Waals surface area contributed by atoms with Crippen molar-refractivity contribution in [3.63, 3.8) is 0 Å². The highest BCUT2D eigenvalue weighted by atomic mass is 19.1.